The number of rotatable bonds is 2. The van der Waals surface area contributed by atoms with Crippen molar-refractivity contribution in [1.82, 2.24) is 0 Å². The average Bonchev–Trinajstić information content (AvgIpc) is 2.02. The molecule has 0 heterocycles. The Morgan fingerprint density at radius 2 is 2.00 bits per heavy atom. The van der Waals surface area contributed by atoms with Crippen molar-refractivity contribution in [2.24, 2.45) is 10.7 Å². The van der Waals surface area contributed by atoms with E-state index in [4.69, 9.17) is 28.9 Å². The van der Waals surface area contributed by atoms with Crippen LogP contribution in [-0.4, -0.2) is 13.1 Å². The van der Waals surface area contributed by atoms with Gasteiger partial charge in [0, 0.05) is 10.6 Å². The molecule has 0 aromatic rings. The number of nitrogens with zero attached hydrogens (tertiary/aromatic N) is 1. The normalized spacial score (nSPS) is 13.8. The van der Waals surface area contributed by atoms with E-state index in [1.54, 1.807) is 6.92 Å². The quantitative estimate of drug-likeness (QED) is 0.328. The predicted molar refractivity (Wildman–Crippen MR) is 52.2 cm³/mol. The molecule has 0 spiro atoms. The van der Waals surface area contributed by atoms with E-state index in [-0.39, 0.29) is 11.2 Å². The van der Waals surface area contributed by atoms with Gasteiger partial charge in [0.05, 0.1) is 7.11 Å². The van der Waals surface area contributed by atoms with Gasteiger partial charge in [0.25, 0.3) is 6.02 Å². The van der Waals surface area contributed by atoms with Crippen molar-refractivity contribution in [3.05, 3.63) is 22.3 Å². The van der Waals surface area contributed by atoms with Crippen molar-refractivity contribution >= 4 is 29.2 Å². The van der Waals surface area contributed by atoms with Gasteiger partial charge in [0.1, 0.15) is 5.16 Å². The molecule has 12 heavy (non-hydrogen) atoms. The molecule has 0 aliphatic heterocycles. The number of hydrogen-bond acceptors (Lipinski definition) is 2. The highest BCUT2D eigenvalue weighted by atomic mass is 35.5. The van der Waals surface area contributed by atoms with Gasteiger partial charge >= 0.3 is 0 Å². The Hall–Kier alpha value is -0.670. The first kappa shape index (κ1) is 11.3. The maximum atomic E-state index is 5.69. The minimum atomic E-state index is -0.0164. The Labute approximate surface area is 81.5 Å². The summed E-state index contributed by atoms with van der Waals surface area (Å²) in [5.74, 6) is 0. The second kappa shape index (κ2) is 5.06. The lowest BCUT2D eigenvalue weighted by molar-refractivity contribution is 0.396. The summed E-state index contributed by atoms with van der Waals surface area (Å²) in [7, 11) is 1.40. The van der Waals surface area contributed by atoms with E-state index in [1.165, 1.54) is 7.11 Å². The molecule has 2 N–H and O–H groups in total. The van der Waals surface area contributed by atoms with Crippen LogP contribution in [0.3, 0.4) is 0 Å². The van der Waals surface area contributed by atoms with Crippen LogP contribution in [0.4, 0.5) is 0 Å². The Morgan fingerprint density at radius 3 is 2.33 bits per heavy atom. The van der Waals surface area contributed by atoms with Crippen molar-refractivity contribution in [3.63, 3.8) is 0 Å². The molecule has 0 bridgehead atoms. The molecule has 0 fully saturated rings. The number of methoxy groups -OCH3 is 1. The summed E-state index contributed by atoms with van der Waals surface area (Å²) in [5.41, 5.74) is 5.82. The second-order valence-corrected chi connectivity index (χ2v) is 2.79. The third-order valence-electron chi connectivity index (χ3n) is 1.13. The standard InChI is InChI=1S/C7H10Cl2N2O/c1-4(5(2)8)6(9)11-7(10)12-3/h2H2,1,3H3,(H2,10,11)/b6-4-. The monoisotopic (exact) mass is 208 g/mol. The van der Waals surface area contributed by atoms with Crippen molar-refractivity contribution in [2.75, 3.05) is 7.11 Å². The average molecular weight is 209 g/mol. The number of halogens is 2. The fraction of sp³-hybridized carbons (Fsp3) is 0.286. The molecule has 0 saturated carbocycles. The fourth-order valence-electron chi connectivity index (χ4n) is 0.338. The van der Waals surface area contributed by atoms with E-state index in [0.717, 1.165) is 0 Å². The molecule has 5 heteroatoms. The van der Waals surface area contributed by atoms with Gasteiger partial charge in [-0.2, -0.15) is 4.99 Å². The van der Waals surface area contributed by atoms with Gasteiger partial charge in [0.2, 0.25) is 0 Å². The lowest BCUT2D eigenvalue weighted by Gasteiger charge is -2.00. The largest absolute Gasteiger partial charge is 0.468 e. The zero-order valence-electron chi connectivity index (χ0n) is 6.90. The fourth-order valence-corrected chi connectivity index (χ4v) is 0.673. The second-order valence-electron chi connectivity index (χ2n) is 1.97. The van der Waals surface area contributed by atoms with Crippen molar-refractivity contribution < 1.29 is 4.74 Å². The smallest absolute Gasteiger partial charge is 0.287 e. The molecular weight excluding hydrogens is 199 g/mol. The van der Waals surface area contributed by atoms with Crippen LogP contribution in [0.25, 0.3) is 0 Å². The van der Waals surface area contributed by atoms with Gasteiger partial charge in [-0.1, -0.05) is 29.8 Å². The number of aliphatic imine (C=N–C) groups is 1. The van der Waals surface area contributed by atoms with Crippen molar-refractivity contribution in [1.29, 1.82) is 0 Å². The number of ether oxygens (including phenoxy) is 1. The third kappa shape index (κ3) is 3.64. The van der Waals surface area contributed by atoms with Crippen LogP contribution >= 0.6 is 23.2 Å². The molecule has 0 aliphatic carbocycles. The van der Waals surface area contributed by atoms with E-state index >= 15 is 0 Å². The van der Waals surface area contributed by atoms with E-state index < -0.39 is 0 Å². The van der Waals surface area contributed by atoms with Gasteiger partial charge in [0.15, 0.2) is 0 Å². The number of hydrogen-bond donors (Lipinski definition) is 1. The minimum Gasteiger partial charge on any atom is -0.468 e. The van der Waals surface area contributed by atoms with Crippen LogP contribution in [0.15, 0.2) is 27.3 Å². The first-order valence-electron chi connectivity index (χ1n) is 3.08. The highest BCUT2D eigenvalue weighted by molar-refractivity contribution is 6.35. The zero-order chi connectivity index (χ0) is 9.72. The molecule has 0 rings (SSSR count). The van der Waals surface area contributed by atoms with Crippen LogP contribution in [0.5, 0.6) is 0 Å². The molecule has 3 nitrogen and oxygen atoms in total. The SMILES string of the molecule is C=C(Cl)/C(C)=C(/Cl)N=C(N)OC. The number of allylic oxidation sites excluding steroid dienone is 2. The minimum absolute atomic E-state index is 0.0164. The van der Waals surface area contributed by atoms with Crippen LogP contribution in [0, 0.1) is 0 Å². The lowest BCUT2D eigenvalue weighted by Crippen LogP contribution is -2.13. The van der Waals surface area contributed by atoms with Crippen LogP contribution in [0.2, 0.25) is 0 Å². The maximum absolute atomic E-state index is 5.69. The molecule has 0 radical (unpaired) electrons. The molecule has 68 valence electrons. The summed E-state index contributed by atoms with van der Waals surface area (Å²) in [6.07, 6.45) is 0. The van der Waals surface area contributed by atoms with Gasteiger partial charge in [-0.05, 0) is 6.92 Å². The Morgan fingerprint density at radius 1 is 1.50 bits per heavy atom. The molecule has 0 aliphatic rings. The first-order chi connectivity index (χ1) is 5.49. The van der Waals surface area contributed by atoms with Crippen LogP contribution < -0.4 is 5.73 Å². The molecule has 0 aromatic carbocycles. The molecular formula is C7H10Cl2N2O. The summed E-state index contributed by atoms with van der Waals surface area (Å²) < 4.78 is 4.59. The summed E-state index contributed by atoms with van der Waals surface area (Å²) >= 11 is 11.2. The molecule has 0 aromatic heterocycles. The lowest BCUT2D eigenvalue weighted by atomic mass is 10.3. The molecule has 0 unspecified atom stereocenters. The Bertz CT molecular complexity index is 246. The predicted octanol–water partition coefficient (Wildman–Crippen LogP) is 2.17. The highest BCUT2D eigenvalue weighted by Crippen LogP contribution is 2.19. The van der Waals surface area contributed by atoms with Gasteiger partial charge in [-0.3, -0.25) is 0 Å². The Balaban J connectivity index is 4.69. The summed E-state index contributed by atoms with van der Waals surface area (Å²) in [5, 5.41) is 0.502. The summed E-state index contributed by atoms with van der Waals surface area (Å²) in [6.45, 7) is 5.17. The first-order valence-corrected chi connectivity index (χ1v) is 3.84. The van der Waals surface area contributed by atoms with Gasteiger partial charge < -0.3 is 10.5 Å². The van der Waals surface area contributed by atoms with E-state index in [0.29, 0.717) is 10.6 Å². The summed E-state index contributed by atoms with van der Waals surface area (Å²) in [6, 6.07) is -0.0164. The van der Waals surface area contributed by atoms with Gasteiger partial charge in [-0.25, -0.2) is 0 Å². The topological polar surface area (TPSA) is 47.6 Å². The Kier molecular flexibility index (Phi) is 4.78. The maximum Gasteiger partial charge on any atom is 0.287 e. The molecule has 0 saturated heterocycles. The van der Waals surface area contributed by atoms with Crippen molar-refractivity contribution in [2.45, 2.75) is 6.92 Å². The van der Waals surface area contributed by atoms with Crippen molar-refractivity contribution in [3.8, 4) is 0 Å². The molecule has 0 atom stereocenters. The zero-order valence-corrected chi connectivity index (χ0v) is 8.41. The van der Waals surface area contributed by atoms with Crippen LogP contribution in [0.1, 0.15) is 6.92 Å². The van der Waals surface area contributed by atoms with E-state index in [1.807, 2.05) is 0 Å². The van der Waals surface area contributed by atoms with Gasteiger partial charge in [-0.15, -0.1) is 0 Å². The summed E-state index contributed by atoms with van der Waals surface area (Å²) in [4.78, 5) is 3.69. The highest BCUT2D eigenvalue weighted by Gasteiger charge is 2.00. The third-order valence-corrected chi connectivity index (χ3v) is 1.79. The van der Waals surface area contributed by atoms with Crippen LogP contribution in [-0.2, 0) is 4.74 Å². The number of amidine groups is 1. The molecule has 0 amide bonds. The van der Waals surface area contributed by atoms with E-state index in [2.05, 4.69) is 16.3 Å². The van der Waals surface area contributed by atoms with E-state index in [9.17, 15) is 0 Å². The number of nitrogens with two attached hydrogens (primary N) is 1.